The van der Waals surface area contributed by atoms with E-state index in [1.807, 2.05) is 30.3 Å². The summed E-state index contributed by atoms with van der Waals surface area (Å²) in [6.45, 7) is 4.23. The molecule has 8 nitrogen and oxygen atoms in total. The molecular formula is C40H45F4N4O4S+. The summed E-state index contributed by atoms with van der Waals surface area (Å²) in [4.78, 5) is 20.0. The molecule has 2 saturated heterocycles. The second-order valence-electron chi connectivity index (χ2n) is 14.7. The molecule has 13 heteroatoms. The van der Waals surface area contributed by atoms with Crippen LogP contribution >= 0.6 is 0 Å². The first-order chi connectivity index (χ1) is 25.3. The Morgan fingerprint density at radius 1 is 1.00 bits per heavy atom. The minimum Gasteiger partial charge on any atom is -0.495 e. The minimum atomic E-state index is -4.64. The maximum absolute atomic E-state index is 15.1. The van der Waals surface area contributed by atoms with Crippen LogP contribution in [0.2, 0.25) is 0 Å². The van der Waals surface area contributed by atoms with E-state index in [9.17, 15) is 26.0 Å². The summed E-state index contributed by atoms with van der Waals surface area (Å²) in [5, 5.41) is 6.94. The van der Waals surface area contributed by atoms with Crippen molar-refractivity contribution in [2.45, 2.75) is 80.8 Å². The monoisotopic (exact) mass is 753 g/mol. The third-order valence-electron chi connectivity index (χ3n) is 11.5. The number of hydrogen-bond donors (Lipinski definition) is 2. The number of benzene rings is 3. The van der Waals surface area contributed by atoms with Crippen LogP contribution in [-0.2, 0) is 28.1 Å². The van der Waals surface area contributed by atoms with Gasteiger partial charge in [0.25, 0.3) is 5.91 Å². The number of amides is 1. The smallest absolute Gasteiger partial charge is 0.416 e. The van der Waals surface area contributed by atoms with Crippen LogP contribution < -0.4 is 15.4 Å². The predicted octanol–water partition coefficient (Wildman–Crippen LogP) is 7.34. The van der Waals surface area contributed by atoms with Crippen LogP contribution in [0.1, 0.15) is 72.5 Å². The lowest BCUT2D eigenvalue weighted by molar-refractivity contribution is -0.969. The van der Waals surface area contributed by atoms with Gasteiger partial charge in [-0.1, -0.05) is 49.4 Å². The molecule has 1 amide bonds. The number of fused-ring (bicyclic) bond motifs is 1. The fourth-order valence-electron chi connectivity index (χ4n) is 8.38. The second-order valence-corrected chi connectivity index (χ2v) is 16.9. The number of methoxy groups -OCH3 is 1. The third-order valence-corrected chi connectivity index (χ3v) is 13.3. The van der Waals surface area contributed by atoms with Crippen LogP contribution in [0.3, 0.4) is 0 Å². The summed E-state index contributed by atoms with van der Waals surface area (Å²) in [6, 6.07) is 17.5. The highest BCUT2D eigenvalue weighted by Crippen LogP contribution is 2.47. The van der Waals surface area contributed by atoms with Crippen LogP contribution in [0.5, 0.6) is 5.75 Å². The van der Waals surface area contributed by atoms with Crippen molar-refractivity contribution in [3.63, 3.8) is 0 Å². The molecule has 0 bridgehead atoms. The molecule has 2 N–H and O–H groups in total. The van der Waals surface area contributed by atoms with Gasteiger partial charge in [0.1, 0.15) is 23.4 Å². The first-order valence-electron chi connectivity index (χ1n) is 18.3. The maximum atomic E-state index is 15.1. The fraction of sp³-hybridized carbons (Fsp3) is 0.450. The lowest BCUT2D eigenvalue weighted by atomic mass is 9.90. The molecule has 1 aromatic heterocycles. The largest absolute Gasteiger partial charge is 0.495 e. The summed E-state index contributed by atoms with van der Waals surface area (Å²) >= 11 is 0. The van der Waals surface area contributed by atoms with Crippen molar-refractivity contribution in [2.75, 3.05) is 39.0 Å². The number of aromatic nitrogens is 1. The Hall–Kier alpha value is -4.07. The summed E-state index contributed by atoms with van der Waals surface area (Å²) in [5.41, 5.74) is 0.540. The average molecular weight is 754 g/mol. The van der Waals surface area contributed by atoms with E-state index in [1.54, 1.807) is 6.07 Å². The van der Waals surface area contributed by atoms with Gasteiger partial charge >= 0.3 is 6.18 Å². The zero-order valence-corrected chi connectivity index (χ0v) is 30.8. The number of nitrogens with zero attached hydrogens (tertiary/aromatic N) is 2. The van der Waals surface area contributed by atoms with Gasteiger partial charge in [0.15, 0.2) is 9.84 Å². The molecule has 0 atom stereocenters. The van der Waals surface area contributed by atoms with Crippen molar-refractivity contribution in [3.8, 4) is 17.0 Å². The quantitative estimate of drug-likeness (QED) is 0.130. The Labute approximate surface area is 307 Å². The lowest BCUT2D eigenvalue weighted by Gasteiger charge is -2.49. The Balaban J connectivity index is 1.53. The van der Waals surface area contributed by atoms with Gasteiger partial charge in [0.05, 0.1) is 59.9 Å². The Morgan fingerprint density at radius 3 is 2.32 bits per heavy atom. The van der Waals surface area contributed by atoms with Gasteiger partial charge in [-0.2, -0.15) is 13.2 Å². The number of pyridine rings is 1. The van der Waals surface area contributed by atoms with Gasteiger partial charge in [0.2, 0.25) is 0 Å². The molecule has 282 valence electrons. The minimum absolute atomic E-state index is 0.0205. The first-order valence-corrected chi connectivity index (χ1v) is 20.0. The van der Waals surface area contributed by atoms with Crippen LogP contribution in [0, 0.1) is 0 Å². The molecule has 53 heavy (non-hydrogen) atoms. The molecule has 1 aliphatic carbocycles. The molecule has 0 radical (unpaired) electrons. The molecule has 4 aromatic rings. The number of likely N-dealkylation sites (tertiary alicyclic amines) is 1. The van der Waals surface area contributed by atoms with Crippen molar-refractivity contribution in [3.05, 3.63) is 89.0 Å². The predicted molar refractivity (Wildman–Crippen MR) is 195 cm³/mol. The van der Waals surface area contributed by atoms with Crippen molar-refractivity contribution in [2.24, 2.45) is 0 Å². The van der Waals surface area contributed by atoms with E-state index < -0.39 is 39.2 Å². The molecule has 7 rings (SSSR count). The van der Waals surface area contributed by atoms with Gasteiger partial charge in [-0.25, -0.2) is 17.8 Å². The molecule has 0 spiro atoms. The van der Waals surface area contributed by atoms with E-state index >= 15 is 4.79 Å². The topological polar surface area (TPSA) is 97.4 Å². The van der Waals surface area contributed by atoms with Crippen molar-refractivity contribution < 1.29 is 40.0 Å². The van der Waals surface area contributed by atoms with Crippen molar-refractivity contribution in [1.82, 2.24) is 15.6 Å². The van der Waals surface area contributed by atoms with Crippen molar-refractivity contribution in [1.29, 1.82) is 0 Å². The number of alkyl halides is 4. The Bertz CT molecular complexity index is 2110. The van der Waals surface area contributed by atoms with Gasteiger partial charge in [-0.05, 0) is 36.6 Å². The van der Waals surface area contributed by atoms with Crippen LogP contribution in [0.25, 0.3) is 22.2 Å². The molecule has 2 aliphatic heterocycles. The second kappa shape index (κ2) is 14.3. The summed E-state index contributed by atoms with van der Waals surface area (Å²) in [6.07, 6.45) is -2.00. The highest BCUT2D eigenvalue weighted by Gasteiger charge is 2.48. The number of piperidine rings is 2. The summed E-state index contributed by atoms with van der Waals surface area (Å²) in [5.74, 6) is -0.682. The molecule has 3 heterocycles. The highest BCUT2D eigenvalue weighted by molar-refractivity contribution is 7.91. The fourth-order valence-corrected chi connectivity index (χ4v) is 9.44. The molecular weight excluding hydrogens is 709 g/mol. The van der Waals surface area contributed by atoms with E-state index in [0.717, 1.165) is 43.6 Å². The lowest BCUT2D eigenvalue weighted by Crippen LogP contribution is -2.61. The van der Waals surface area contributed by atoms with E-state index in [-0.39, 0.29) is 56.7 Å². The highest BCUT2D eigenvalue weighted by atomic mass is 32.2. The van der Waals surface area contributed by atoms with Gasteiger partial charge < -0.3 is 19.9 Å². The molecule has 1 saturated carbocycles. The van der Waals surface area contributed by atoms with Crippen LogP contribution in [-0.4, -0.2) is 75.0 Å². The summed E-state index contributed by atoms with van der Waals surface area (Å²) < 4.78 is 90.4. The summed E-state index contributed by atoms with van der Waals surface area (Å²) in [7, 11) is -2.53. The zero-order valence-electron chi connectivity index (χ0n) is 29.9. The maximum Gasteiger partial charge on any atom is 0.416 e. The zero-order chi connectivity index (χ0) is 37.6. The SMILES string of the molecule is CCS(=O)(=O)c1cc2c(C(=O)NC3(c4ccccc4)CC3)c(C[N+]3(C4CCNCC4)CCC(F)CC3)c(-c3cccc(C(F)(F)F)c3)nc2cc1OC. The molecule has 3 fully saturated rings. The van der Waals surface area contributed by atoms with E-state index in [4.69, 9.17) is 9.72 Å². The number of ether oxygens (including phenoxy) is 1. The third kappa shape index (κ3) is 7.27. The number of hydrogen-bond acceptors (Lipinski definition) is 6. The first kappa shape index (κ1) is 37.3. The molecule has 3 aromatic carbocycles. The number of carbonyl (C=O) groups is 1. The Kier molecular flexibility index (Phi) is 10.0. The van der Waals surface area contributed by atoms with Gasteiger partial charge in [-0.3, -0.25) is 4.79 Å². The molecule has 0 unspecified atom stereocenters. The average Bonchev–Trinajstić information content (AvgIpc) is 3.95. The number of halogens is 4. The van der Waals surface area contributed by atoms with E-state index in [2.05, 4.69) is 10.6 Å². The normalized spacial score (nSPS) is 22.0. The van der Waals surface area contributed by atoms with E-state index in [0.29, 0.717) is 48.8 Å². The van der Waals surface area contributed by atoms with Crippen LogP contribution in [0.15, 0.2) is 71.6 Å². The van der Waals surface area contributed by atoms with Gasteiger partial charge in [0, 0.05) is 61.4 Å². The number of nitrogens with one attached hydrogen (secondary N) is 2. The molecule has 3 aliphatic rings. The number of carbonyl (C=O) groups excluding carboxylic acids is 1. The standard InChI is InChI=1S/C40H44F4N4O4S/c1-3-53(50,51)35-23-31-33(24-34(35)52-2)46-37(26-8-7-11-28(22-26)40(42,43)44)32(25-48(20-14-29(41)15-21-48)30-12-18-45-19-13-30)36(31)38(49)47-39(16-17-39)27-9-5-4-6-10-27/h4-11,22-24,29-30,45H,3,12-21,25H2,1-2H3/p+1. The van der Waals surface area contributed by atoms with Crippen LogP contribution in [0.4, 0.5) is 17.6 Å². The Morgan fingerprint density at radius 2 is 1.70 bits per heavy atom. The van der Waals surface area contributed by atoms with Gasteiger partial charge in [-0.15, -0.1) is 0 Å². The number of rotatable bonds is 10. The number of quaternary nitrogens is 1. The van der Waals surface area contributed by atoms with Crippen molar-refractivity contribution >= 4 is 26.6 Å². The number of sulfone groups is 1. The van der Waals surface area contributed by atoms with E-state index in [1.165, 1.54) is 32.2 Å².